The van der Waals surface area contributed by atoms with Crippen LogP contribution in [0.4, 0.5) is 0 Å². The molecule has 0 N–H and O–H groups in total. The SMILES string of the molecule is c1ccc(-c2ccc3cc(-c4c(-c5cccc(-c6ccc7ccccc7c6)c5)ccc5c(-c6ccc7cc(-c8ccccc8)ccc7c6)c(-c6ccc7ccccc7c6)ccc45)ccc3c2)cc1. The van der Waals surface area contributed by atoms with Crippen LogP contribution in [-0.4, -0.2) is 0 Å². The number of fused-ring (bicyclic) bond motifs is 5. The maximum absolute atomic E-state index is 2.40. The van der Waals surface area contributed by atoms with E-state index in [0.717, 1.165) is 0 Å². The van der Waals surface area contributed by atoms with E-state index in [0.29, 0.717) is 0 Å². The molecule has 0 spiro atoms. The van der Waals surface area contributed by atoms with Crippen LogP contribution in [0, 0.1) is 0 Å². The van der Waals surface area contributed by atoms with Gasteiger partial charge in [-0.2, -0.15) is 0 Å². The van der Waals surface area contributed by atoms with E-state index < -0.39 is 0 Å². The second kappa shape index (κ2) is 16.5. The lowest BCUT2D eigenvalue weighted by Crippen LogP contribution is -1.94. The van der Waals surface area contributed by atoms with Crippen LogP contribution in [0.5, 0.6) is 0 Å². The molecule has 316 valence electrons. The fraction of sp³-hybridized carbons (Fsp3) is 0. The highest BCUT2D eigenvalue weighted by atomic mass is 14.2. The Bertz CT molecular complexity index is 4070. The molecule has 0 heterocycles. The Hall–Kier alpha value is -8.84. The van der Waals surface area contributed by atoms with Crippen molar-refractivity contribution in [3.63, 3.8) is 0 Å². The molecule has 0 saturated heterocycles. The van der Waals surface area contributed by atoms with E-state index in [-0.39, 0.29) is 0 Å². The largest absolute Gasteiger partial charge is 0.0622 e. The summed E-state index contributed by atoms with van der Waals surface area (Å²) in [4.78, 5) is 0. The molecule has 0 bridgehead atoms. The van der Waals surface area contributed by atoms with E-state index in [1.165, 1.54) is 132 Å². The third-order valence-electron chi connectivity index (χ3n) is 14.0. The molecule has 68 heavy (non-hydrogen) atoms. The fourth-order valence-corrected chi connectivity index (χ4v) is 10.5. The van der Waals surface area contributed by atoms with Crippen LogP contribution < -0.4 is 0 Å². The lowest BCUT2D eigenvalue weighted by Gasteiger charge is -2.20. The quantitative estimate of drug-likeness (QED) is 0.150. The highest BCUT2D eigenvalue weighted by molar-refractivity contribution is 6.14. The van der Waals surface area contributed by atoms with Gasteiger partial charge in [-0.3, -0.25) is 0 Å². The molecule has 0 aliphatic heterocycles. The van der Waals surface area contributed by atoms with Crippen molar-refractivity contribution in [1.82, 2.24) is 0 Å². The molecule has 0 amide bonds. The lowest BCUT2D eigenvalue weighted by molar-refractivity contribution is 1.59. The summed E-state index contributed by atoms with van der Waals surface area (Å²) in [6, 6.07) is 98.7. The van der Waals surface area contributed by atoms with Gasteiger partial charge >= 0.3 is 0 Å². The Balaban J connectivity index is 1.05. The number of rotatable bonds is 7. The van der Waals surface area contributed by atoms with Crippen LogP contribution >= 0.6 is 0 Å². The molecule has 0 radical (unpaired) electrons. The molecule has 0 aliphatic carbocycles. The zero-order valence-electron chi connectivity index (χ0n) is 37.4. The molecule has 0 aliphatic rings. The molecular weight excluding hydrogens is 817 g/mol. The van der Waals surface area contributed by atoms with E-state index in [1.807, 2.05) is 0 Å². The Labute approximate surface area is 396 Å². The molecule has 13 aromatic carbocycles. The number of hydrogen-bond donors (Lipinski definition) is 0. The molecule has 13 rings (SSSR count). The van der Waals surface area contributed by atoms with Gasteiger partial charge in [-0.05, 0) is 174 Å². The molecule has 0 unspecified atom stereocenters. The smallest absolute Gasteiger partial charge is 0.00264 e. The first-order valence-corrected chi connectivity index (χ1v) is 23.5. The van der Waals surface area contributed by atoms with Gasteiger partial charge in [-0.1, -0.05) is 224 Å². The Morgan fingerprint density at radius 2 is 0.441 bits per heavy atom. The predicted octanol–water partition coefficient (Wildman–Crippen LogP) is 19.1. The van der Waals surface area contributed by atoms with E-state index in [4.69, 9.17) is 0 Å². The van der Waals surface area contributed by atoms with Gasteiger partial charge in [0.1, 0.15) is 0 Å². The molecular formula is C68H44. The van der Waals surface area contributed by atoms with Gasteiger partial charge in [-0.25, -0.2) is 0 Å². The van der Waals surface area contributed by atoms with Crippen LogP contribution in [0.2, 0.25) is 0 Å². The van der Waals surface area contributed by atoms with Gasteiger partial charge in [0.05, 0.1) is 0 Å². The van der Waals surface area contributed by atoms with E-state index in [1.54, 1.807) is 0 Å². The molecule has 0 aromatic heterocycles. The summed E-state index contributed by atoms with van der Waals surface area (Å²) < 4.78 is 0. The summed E-state index contributed by atoms with van der Waals surface area (Å²) in [6.45, 7) is 0. The normalized spacial score (nSPS) is 11.5. The van der Waals surface area contributed by atoms with Crippen LogP contribution in [0.1, 0.15) is 0 Å². The van der Waals surface area contributed by atoms with E-state index >= 15 is 0 Å². The second-order valence-electron chi connectivity index (χ2n) is 18.1. The Kier molecular flexibility index (Phi) is 9.62. The summed E-state index contributed by atoms with van der Waals surface area (Å²) >= 11 is 0. The fourth-order valence-electron chi connectivity index (χ4n) is 10.5. The number of benzene rings is 13. The monoisotopic (exact) mass is 860 g/mol. The van der Waals surface area contributed by atoms with Crippen LogP contribution in [0.15, 0.2) is 267 Å². The minimum absolute atomic E-state index is 1.19. The summed E-state index contributed by atoms with van der Waals surface area (Å²) in [5.74, 6) is 0. The van der Waals surface area contributed by atoms with Gasteiger partial charge in [0.2, 0.25) is 0 Å². The highest BCUT2D eigenvalue weighted by Gasteiger charge is 2.20. The lowest BCUT2D eigenvalue weighted by atomic mass is 9.83. The number of hydrogen-bond acceptors (Lipinski definition) is 0. The standard InChI is InChI=1S/C68H44/c1-3-12-45(13-4-1)52-25-27-57-43-61(32-29-55(57)39-52)67-63(59-21-11-20-51(42-59)54-24-22-47-16-7-9-18-49(47)38-54)34-36-66-65(67)37-35-64(60-31-23-48-17-8-10-19-50(48)41-60)68(66)62-33-30-56-40-53(26-28-58(56)44-62)46-14-5-2-6-15-46/h1-44H. The summed E-state index contributed by atoms with van der Waals surface area (Å²) in [6.07, 6.45) is 0. The van der Waals surface area contributed by atoms with Crippen molar-refractivity contribution in [2.24, 2.45) is 0 Å². The average molecular weight is 861 g/mol. The zero-order valence-corrected chi connectivity index (χ0v) is 37.4. The molecule has 0 fully saturated rings. The van der Waals surface area contributed by atoms with E-state index in [2.05, 4.69) is 267 Å². The summed E-state index contributed by atoms with van der Waals surface area (Å²) in [5.41, 5.74) is 17.0. The molecule has 0 saturated carbocycles. The van der Waals surface area contributed by atoms with Gasteiger partial charge in [0, 0.05) is 0 Å². The van der Waals surface area contributed by atoms with Crippen molar-refractivity contribution in [2.75, 3.05) is 0 Å². The van der Waals surface area contributed by atoms with Crippen molar-refractivity contribution >= 4 is 53.9 Å². The first kappa shape index (κ1) is 39.5. The minimum atomic E-state index is 1.19. The maximum atomic E-state index is 2.40. The first-order chi connectivity index (χ1) is 33.7. The van der Waals surface area contributed by atoms with E-state index in [9.17, 15) is 0 Å². The van der Waals surface area contributed by atoms with Crippen molar-refractivity contribution in [2.45, 2.75) is 0 Å². The molecule has 0 heteroatoms. The average Bonchev–Trinajstić information content (AvgIpc) is 3.42. The summed E-state index contributed by atoms with van der Waals surface area (Å²) in [7, 11) is 0. The Morgan fingerprint density at radius 1 is 0.147 bits per heavy atom. The molecule has 0 nitrogen and oxygen atoms in total. The van der Waals surface area contributed by atoms with Crippen molar-refractivity contribution in [3.8, 4) is 77.9 Å². The minimum Gasteiger partial charge on any atom is -0.0622 e. The van der Waals surface area contributed by atoms with Crippen LogP contribution in [-0.2, 0) is 0 Å². The zero-order chi connectivity index (χ0) is 45.0. The van der Waals surface area contributed by atoms with Crippen molar-refractivity contribution < 1.29 is 0 Å². The van der Waals surface area contributed by atoms with Crippen LogP contribution in [0.25, 0.3) is 132 Å². The Morgan fingerprint density at radius 3 is 0.926 bits per heavy atom. The van der Waals surface area contributed by atoms with Crippen LogP contribution in [0.3, 0.4) is 0 Å². The topological polar surface area (TPSA) is 0 Å². The van der Waals surface area contributed by atoms with Gasteiger partial charge in [0.15, 0.2) is 0 Å². The van der Waals surface area contributed by atoms with Crippen molar-refractivity contribution in [1.29, 1.82) is 0 Å². The van der Waals surface area contributed by atoms with Gasteiger partial charge < -0.3 is 0 Å². The highest BCUT2D eigenvalue weighted by Crippen LogP contribution is 2.47. The molecule has 0 atom stereocenters. The van der Waals surface area contributed by atoms with Crippen molar-refractivity contribution in [3.05, 3.63) is 267 Å². The molecule has 13 aromatic rings. The predicted molar refractivity (Wildman–Crippen MR) is 292 cm³/mol. The summed E-state index contributed by atoms with van der Waals surface area (Å²) in [5, 5.41) is 12.3. The second-order valence-corrected chi connectivity index (χ2v) is 18.1. The van der Waals surface area contributed by atoms with Gasteiger partial charge in [-0.15, -0.1) is 0 Å². The third-order valence-corrected chi connectivity index (χ3v) is 14.0. The maximum Gasteiger partial charge on any atom is -0.00264 e. The third kappa shape index (κ3) is 7.12. The van der Waals surface area contributed by atoms with Gasteiger partial charge in [0.25, 0.3) is 0 Å². The first-order valence-electron chi connectivity index (χ1n) is 23.5.